The van der Waals surface area contributed by atoms with E-state index in [0.29, 0.717) is 12.6 Å². The Kier molecular flexibility index (Phi) is 4.19. The highest BCUT2D eigenvalue weighted by molar-refractivity contribution is 7.89. The summed E-state index contributed by atoms with van der Waals surface area (Å²) in [6.07, 6.45) is 0. The van der Waals surface area contributed by atoms with E-state index in [0.717, 1.165) is 13.1 Å². The van der Waals surface area contributed by atoms with Gasteiger partial charge in [0.2, 0.25) is 10.0 Å². The van der Waals surface area contributed by atoms with Gasteiger partial charge in [-0.3, -0.25) is 10.1 Å². The summed E-state index contributed by atoms with van der Waals surface area (Å²) < 4.78 is 39.0. The zero-order valence-electron chi connectivity index (χ0n) is 9.73. The van der Waals surface area contributed by atoms with Gasteiger partial charge in [0.05, 0.1) is 16.7 Å². The van der Waals surface area contributed by atoms with Crippen LogP contribution in [0.25, 0.3) is 0 Å². The lowest BCUT2D eigenvalue weighted by Crippen LogP contribution is -2.22. The number of nitro groups is 1. The van der Waals surface area contributed by atoms with Gasteiger partial charge in [-0.1, -0.05) is 0 Å². The van der Waals surface area contributed by atoms with Gasteiger partial charge in [0.25, 0.3) is 5.69 Å². The number of non-ortho nitro benzene ring substituents is 1. The lowest BCUT2D eigenvalue weighted by atomic mass is 10.2. The Morgan fingerprint density at radius 3 is 2.50 bits per heavy atom. The van der Waals surface area contributed by atoms with Crippen molar-refractivity contribution in [3.63, 3.8) is 0 Å². The van der Waals surface area contributed by atoms with Gasteiger partial charge in [-0.25, -0.2) is 17.5 Å². The van der Waals surface area contributed by atoms with Crippen molar-refractivity contribution in [2.45, 2.75) is 11.8 Å². The van der Waals surface area contributed by atoms with Crippen molar-refractivity contribution in [1.29, 1.82) is 0 Å². The van der Waals surface area contributed by atoms with E-state index < -0.39 is 31.3 Å². The number of nitrogens with zero attached hydrogens (tertiary/aromatic N) is 1. The summed E-state index contributed by atoms with van der Waals surface area (Å²) >= 11 is 0. The van der Waals surface area contributed by atoms with E-state index in [2.05, 4.69) is 5.32 Å². The predicted molar refractivity (Wildman–Crippen MR) is 63.5 cm³/mol. The minimum Gasteiger partial charge on any atom is -0.384 e. The molecule has 1 aromatic rings. The molecule has 0 fully saturated rings. The van der Waals surface area contributed by atoms with Gasteiger partial charge >= 0.3 is 0 Å². The van der Waals surface area contributed by atoms with Gasteiger partial charge in [-0.15, -0.1) is 0 Å². The molecular weight excluding hydrogens is 265 g/mol. The predicted octanol–water partition coefficient (Wildman–Crippen LogP) is 1.07. The van der Waals surface area contributed by atoms with Crippen molar-refractivity contribution in [1.82, 2.24) is 4.72 Å². The van der Waals surface area contributed by atoms with Crippen LogP contribution in [0, 0.1) is 15.9 Å². The van der Waals surface area contributed by atoms with Crippen molar-refractivity contribution in [2.24, 2.45) is 0 Å². The van der Waals surface area contributed by atoms with Crippen molar-refractivity contribution in [3.8, 4) is 0 Å². The summed E-state index contributed by atoms with van der Waals surface area (Å²) in [5.41, 5.74) is -0.656. The molecule has 0 heterocycles. The maximum atomic E-state index is 13.7. The molecule has 0 aliphatic carbocycles. The Hall–Kier alpha value is -1.74. The topological polar surface area (TPSA) is 101 Å². The number of halogens is 1. The van der Waals surface area contributed by atoms with Crippen molar-refractivity contribution >= 4 is 21.4 Å². The van der Waals surface area contributed by atoms with Gasteiger partial charge in [-0.2, -0.15) is 0 Å². The smallest absolute Gasteiger partial charge is 0.274 e. The summed E-state index contributed by atoms with van der Waals surface area (Å²) in [5, 5.41) is 13.2. The second kappa shape index (κ2) is 5.27. The van der Waals surface area contributed by atoms with Crippen LogP contribution in [-0.4, -0.2) is 26.9 Å². The number of nitrogens with one attached hydrogen (secondary N) is 2. The number of nitro benzene ring substituents is 1. The first-order chi connectivity index (χ1) is 8.33. The Labute approximate surface area is 103 Å². The van der Waals surface area contributed by atoms with Gasteiger partial charge in [0, 0.05) is 12.6 Å². The quantitative estimate of drug-likeness (QED) is 0.619. The summed E-state index contributed by atoms with van der Waals surface area (Å²) in [6, 6.07) is 1.56. The highest BCUT2D eigenvalue weighted by atomic mass is 32.2. The zero-order chi connectivity index (χ0) is 13.9. The summed E-state index contributed by atoms with van der Waals surface area (Å²) in [4.78, 5) is 9.17. The summed E-state index contributed by atoms with van der Waals surface area (Å²) in [5.74, 6) is -1.17. The maximum absolute atomic E-state index is 13.7. The van der Waals surface area contributed by atoms with E-state index in [4.69, 9.17) is 0 Å². The fourth-order valence-electron chi connectivity index (χ4n) is 1.38. The molecule has 0 bridgehead atoms. The molecule has 2 N–H and O–H groups in total. The van der Waals surface area contributed by atoms with Crippen LogP contribution < -0.4 is 10.0 Å². The normalized spacial score (nSPS) is 11.3. The molecule has 0 unspecified atom stereocenters. The second-order valence-corrected chi connectivity index (χ2v) is 5.12. The van der Waals surface area contributed by atoms with Crippen molar-refractivity contribution in [2.75, 3.05) is 18.9 Å². The summed E-state index contributed by atoms with van der Waals surface area (Å²) in [7, 11) is -2.90. The summed E-state index contributed by atoms with van der Waals surface area (Å²) in [6.45, 7) is 1.96. The highest BCUT2D eigenvalue weighted by Crippen LogP contribution is 2.29. The number of anilines is 1. The van der Waals surface area contributed by atoms with Crippen LogP contribution in [0.15, 0.2) is 17.0 Å². The molecule has 0 saturated carbocycles. The number of hydrogen-bond acceptors (Lipinski definition) is 5. The van der Waals surface area contributed by atoms with Gasteiger partial charge in [-0.05, 0) is 14.0 Å². The molecule has 0 atom stereocenters. The minimum atomic E-state index is -4.03. The maximum Gasteiger partial charge on any atom is 0.274 e. The molecule has 0 aromatic heterocycles. The lowest BCUT2D eigenvalue weighted by molar-refractivity contribution is -0.385. The van der Waals surface area contributed by atoms with Gasteiger partial charge in [0.1, 0.15) is 4.90 Å². The van der Waals surface area contributed by atoms with Gasteiger partial charge < -0.3 is 5.32 Å². The molecule has 0 aliphatic rings. The Bertz CT molecular complexity index is 573. The third-order valence-electron chi connectivity index (χ3n) is 2.14. The average molecular weight is 277 g/mol. The first-order valence-electron chi connectivity index (χ1n) is 4.98. The fourth-order valence-corrected chi connectivity index (χ4v) is 2.32. The third-order valence-corrected chi connectivity index (χ3v) is 3.63. The standard InChI is InChI=1S/C9H12FN3O4S/c1-3-12-8-5-6(13(14)15)4-7(10)9(8)18(16,17)11-2/h4-5,11-12H,3H2,1-2H3. The number of hydrogen-bond donors (Lipinski definition) is 2. The molecule has 0 aliphatic heterocycles. The molecule has 0 saturated heterocycles. The van der Waals surface area contributed by atoms with Crippen LogP contribution in [0.2, 0.25) is 0 Å². The van der Waals surface area contributed by atoms with E-state index in [9.17, 15) is 22.9 Å². The van der Waals surface area contributed by atoms with E-state index in [-0.39, 0.29) is 5.69 Å². The van der Waals surface area contributed by atoms with Crippen LogP contribution in [-0.2, 0) is 10.0 Å². The fraction of sp³-hybridized carbons (Fsp3) is 0.333. The zero-order valence-corrected chi connectivity index (χ0v) is 10.5. The number of rotatable bonds is 5. The first kappa shape index (κ1) is 14.3. The average Bonchev–Trinajstić information content (AvgIpc) is 2.28. The van der Waals surface area contributed by atoms with E-state index in [1.165, 1.54) is 0 Å². The van der Waals surface area contributed by atoms with Crippen LogP contribution in [0.5, 0.6) is 0 Å². The van der Waals surface area contributed by atoms with Crippen LogP contribution >= 0.6 is 0 Å². The molecule has 100 valence electrons. The molecule has 1 aromatic carbocycles. The molecule has 9 heteroatoms. The molecule has 0 amide bonds. The number of benzene rings is 1. The van der Waals surface area contributed by atoms with Crippen molar-refractivity contribution in [3.05, 3.63) is 28.1 Å². The monoisotopic (exact) mass is 277 g/mol. The highest BCUT2D eigenvalue weighted by Gasteiger charge is 2.25. The molecule has 0 radical (unpaired) electrons. The molecule has 7 nitrogen and oxygen atoms in total. The Morgan fingerprint density at radius 1 is 1.44 bits per heavy atom. The Morgan fingerprint density at radius 2 is 2.06 bits per heavy atom. The van der Waals surface area contributed by atoms with Crippen LogP contribution in [0.3, 0.4) is 0 Å². The third kappa shape index (κ3) is 2.74. The Balaban J connectivity index is 3.55. The van der Waals surface area contributed by atoms with Crippen molar-refractivity contribution < 1.29 is 17.7 Å². The largest absolute Gasteiger partial charge is 0.384 e. The molecule has 1 rings (SSSR count). The van der Waals surface area contributed by atoms with E-state index in [1.54, 1.807) is 6.92 Å². The van der Waals surface area contributed by atoms with Crippen LogP contribution in [0.1, 0.15) is 6.92 Å². The first-order valence-corrected chi connectivity index (χ1v) is 6.47. The van der Waals surface area contributed by atoms with Crippen LogP contribution in [0.4, 0.5) is 15.8 Å². The van der Waals surface area contributed by atoms with Gasteiger partial charge in [0.15, 0.2) is 5.82 Å². The SMILES string of the molecule is CCNc1cc([N+](=O)[O-])cc(F)c1S(=O)(=O)NC. The van der Waals surface area contributed by atoms with E-state index in [1.807, 2.05) is 4.72 Å². The molecule has 0 spiro atoms. The minimum absolute atomic E-state index is 0.140. The van der Waals surface area contributed by atoms with E-state index >= 15 is 0 Å². The molecular formula is C9H12FN3O4S. The second-order valence-electron chi connectivity index (χ2n) is 3.30. The molecule has 18 heavy (non-hydrogen) atoms. The lowest BCUT2D eigenvalue weighted by Gasteiger charge is -2.11. The number of sulfonamides is 1.